The van der Waals surface area contributed by atoms with Gasteiger partial charge in [-0.15, -0.1) is 11.3 Å². The number of hydrogen-bond donors (Lipinski definition) is 0. The molecule has 0 spiro atoms. The molecule has 1 aliphatic heterocycles. The minimum absolute atomic E-state index is 0.587. The quantitative estimate of drug-likeness (QED) is 0.203. The van der Waals surface area contributed by atoms with E-state index in [1.807, 2.05) is 35.7 Å². The van der Waals surface area contributed by atoms with Gasteiger partial charge >= 0.3 is 0 Å². The van der Waals surface area contributed by atoms with Crippen molar-refractivity contribution < 1.29 is 0 Å². The Morgan fingerprint density at radius 2 is 1.40 bits per heavy atom. The molecule has 214 valence electrons. The molecule has 3 heterocycles. The maximum atomic E-state index is 5.26. The summed E-state index contributed by atoms with van der Waals surface area (Å²) < 4.78 is 2.52. The van der Waals surface area contributed by atoms with Crippen molar-refractivity contribution >= 4 is 54.3 Å². The van der Waals surface area contributed by atoms with Crippen molar-refractivity contribution in [2.24, 2.45) is 0 Å². The molecular weight excluding hydrogens is 567 g/mol. The molecule has 0 atom stereocenters. The zero-order valence-corrected chi connectivity index (χ0v) is 25.4. The molecule has 0 fully saturated rings. The summed E-state index contributed by atoms with van der Waals surface area (Å²) in [6, 6.07) is 44.7. The van der Waals surface area contributed by atoms with Crippen molar-refractivity contribution in [3.05, 3.63) is 170 Å². The summed E-state index contributed by atoms with van der Waals surface area (Å²) in [4.78, 5) is 12.4. The third-order valence-corrected chi connectivity index (χ3v) is 9.59. The smallest absolute Gasteiger partial charge is 0.230 e. The molecule has 0 amide bonds. The molecule has 45 heavy (non-hydrogen) atoms. The van der Waals surface area contributed by atoms with Crippen LogP contribution in [0.4, 0.5) is 11.6 Å². The normalized spacial score (nSPS) is 15.2. The first-order valence-electron chi connectivity index (χ1n) is 15.1. The van der Waals surface area contributed by atoms with Gasteiger partial charge in [-0.2, -0.15) is 0 Å². The average molecular weight is 596 g/mol. The van der Waals surface area contributed by atoms with Gasteiger partial charge in [0.25, 0.3) is 0 Å². The molecular formula is C41H29N3S. The lowest BCUT2D eigenvalue weighted by Gasteiger charge is -2.25. The number of fused-ring (bicyclic) bond motifs is 4. The Kier molecular flexibility index (Phi) is 6.90. The summed E-state index contributed by atoms with van der Waals surface area (Å²) in [6.45, 7) is 5.08. The number of nitrogens with zero attached hydrogens (tertiary/aromatic N) is 3. The zero-order valence-electron chi connectivity index (χ0n) is 24.6. The molecule has 3 nitrogen and oxygen atoms in total. The summed E-state index contributed by atoms with van der Waals surface area (Å²) in [5, 5.41) is 2.53. The van der Waals surface area contributed by atoms with E-state index >= 15 is 0 Å². The Morgan fingerprint density at radius 1 is 0.644 bits per heavy atom. The Labute approximate surface area is 266 Å². The molecule has 0 N–H and O–H groups in total. The zero-order chi connectivity index (χ0) is 30.2. The number of rotatable bonds is 4. The molecule has 0 unspecified atom stereocenters. The van der Waals surface area contributed by atoms with Gasteiger partial charge in [0.2, 0.25) is 5.95 Å². The van der Waals surface area contributed by atoms with Crippen LogP contribution in [0.3, 0.4) is 0 Å². The van der Waals surface area contributed by atoms with Crippen LogP contribution < -0.4 is 4.90 Å². The minimum Gasteiger partial charge on any atom is -0.306 e. The Morgan fingerprint density at radius 3 is 2.24 bits per heavy atom. The summed E-state index contributed by atoms with van der Waals surface area (Å²) >= 11 is 1.82. The molecule has 1 aliphatic rings. The highest BCUT2D eigenvalue weighted by Gasteiger charge is 2.20. The minimum atomic E-state index is 0.587. The SMILES string of the molecule is C=C1/C=C\C(c2ccccc2)=C/CN(c2nccc(-c3cccc4c3sc3ccccc34)n2)c2cc(-c3ccccc3)ccc21. The Hall–Kier alpha value is -5.58. The highest BCUT2D eigenvalue weighted by atomic mass is 32.1. The fourth-order valence-electron chi connectivity index (χ4n) is 6.08. The molecule has 0 aliphatic carbocycles. The highest BCUT2D eigenvalue weighted by molar-refractivity contribution is 7.26. The second-order valence-electron chi connectivity index (χ2n) is 11.1. The standard InChI is InChI=1S/C41H29N3S/c1-28-19-20-31(29-11-4-2-5-12-29)24-26-44(38-27-32(21-22-33(28)38)30-13-6-3-7-14-30)41-42-25-23-37(43-41)36-17-10-16-35-34-15-8-9-18-39(34)45-40(35)36/h2-25,27H,1,26H2/b20-19-,31-24+. The molecule has 8 rings (SSSR count). The number of anilines is 2. The maximum absolute atomic E-state index is 5.26. The van der Waals surface area contributed by atoms with Crippen LogP contribution in [0.25, 0.3) is 53.7 Å². The molecule has 5 aromatic carbocycles. The second kappa shape index (κ2) is 11.5. The molecule has 0 saturated heterocycles. The van der Waals surface area contributed by atoms with Gasteiger partial charge in [-0.25, -0.2) is 9.97 Å². The van der Waals surface area contributed by atoms with Crippen LogP contribution in [0.5, 0.6) is 0 Å². The van der Waals surface area contributed by atoms with Crippen molar-refractivity contribution in [3.8, 4) is 22.4 Å². The third kappa shape index (κ3) is 5.05. The maximum Gasteiger partial charge on any atom is 0.230 e. The van der Waals surface area contributed by atoms with Gasteiger partial charge in [-0.05, 0) is 46.0 Å². The van der Waals surface area contributed by atoms with Crippen LogP contribution >= 0.6 is 11.3 Å². The second-order valence-corrected chi connectivity index (χ2v) is 12.2. The van der Waals surface area contributed by atoms with Crippen LogP contribution in [0, 0.1) is 0 Å². The number of aromatic nitrogens is 2. The first-order chi connectivity index (χ1) is 22.2. The Bertz CT molecular complexity index is 2260. The van der Waals surface area contributed by atoms with E-state index in [-0.39, 0.29) is 0 Å². The monoisotopic (exact) mass is 595 g/mol. The van der Waals surface area contributed by atoms with Gasteiger partial charge in [-0.3, -0.25) is 0 Å². The van der Waals surface area contributed by atoms with Gasteiger partial charge in [-0.1, -0.05) is 134 Å². The summed E-state index contributed by atoms with van der Waals surface area (Å²) in [5.41, 5.74) is 9.61. The third-order valence-electron chi connectivity index (χ3n) is 8.37. The lowest BCUT2D eigenvalue weighted by atomic mass is 9.97. The first kappa shape index (κ1) is 27.0. The summed E-state index contributed by atoms with van der Waals surface area (Å²) in [7, 11) is 0. The number of benzene rings is 5. The van der Waals surface area contributed by atoms with E-state index < -0.39 is 0 Å². The highest BCUT2D eigenvalue weighted by Crippen LogP contribution is 2.41. The van der Waals surface area contributed by atoms with Crippen molar-refractivity contribution in [2.45, 2.75) is 0 Å². The molecule has 0 saturated carbocycles. The molecule has 0 radical (unpaired) electrons. The van der Waals surface area contributed by atoms with E-state index in [9.17, 15) is 0 Å². The van der Waals surface area contributed by atoms with E-state index in [2.05, 4.69) is 139 Å². The number of hydrogen-bond acceptors (Lipinski definition) is 4. The fraction of sp³-hybridized carbons (Fsp3) is 0.0244. The van der Waals surface area contributed by atoms with E-state index in [0.717, 1.165) is 50.3 Å². The largest absolute Gasteiger partial charge is 0.306 e. The van der Waals surface area contributed by atoms with Crippen LogP contribution in [0.15, 0.2) is 158 Å². The van der Waals surface area contributed by atoms with Crippen molar-refractivity contribution in [3.63, 3.8) is 0 Å². The van der Waals surface area contributed by atoms with E-state index in [4.69, 9.17) is 9.97 Å². The number of thiophene rings is 1. The fourth-order valence-corrected chi connectivity index (χ4v) is 7.31. The van der Waals surface area contributed by atoms with Gasteiger partial charge in [0.05, 0.1) is 11.4 Å². The van der Waals surface area contributed by atoms with Gasteiger partial charge in [0, 0.05) is 44.0 Å². The molecule has 4 heteroatoms. The topological polar surface area (TPSA) is 29.0 Å². The van der Waals surface area contributed by atoms with Gasteiger partial charge < -0.3 is 4.90 Å². The molecule has 0 bridgehead atoms. The summed E-state index contributed by atoms with van der Waals surface area (Å²) in [6.07, 6.45) is 8.41. The van der Waals surface area contributed by atoms with E-state index in [1.54, 1.807) is 0 Å². The Balaban J connectivity index is 1.31. The molecule has 7 aromatic rings. The predicted molar refractivity (Wildman–Crippen MR) is 192 cm³/mol. The van der Waals surface area contributed by atoms with Crippen LogP contribution in [-0.2, 0) is 0 Å². The van der Waals surface area contributed by atoms with Crippen LogP contribution in [0.1, 0.15) is 11.1 Å². The average Bonchev–Trinajstić information content (AvgIpc) is 3.51. The van der Waals surface area contributed by atoms with Gasteiger partial charge in [0.15, 0.2) is 0 Å². The van der Waals surface area contributed by atoms with Crippen molar-refractivity contribution in [1.29, 1.82) is 0 Å². The lowest BCUT2D eigenvalue weighted by molar-refractivity contribution is 0.990. The lowest BCUT2D eigenvalue weighted by Crippen LogP contribution is -2.21. The van der Waals surface area contributed by atoms with Crippen molar-refractivity contribution in [2.75, 3.05) is 11.4 Å². The van der Waals surface area contributed by atoms with Crippen molar-refractivity contribution in [1.82, 2.24) is 9.97 Å². The summed E-state index contributed by atoms with van der Waals surface area (Å²) in [5.74, 6) is 0.649. The van der Waals surface area contributed by atoms with Gasteiger partial charge in [0.1, 0.15) is 0 Å². The predicted octanol–water partition coefficient (Wildman–Crippen LogP) is 11.0. The first-order valence-corrected chi connectivity index (χ1v) is 15.9. The van der Waals surface area contributed by atoms with Crippen LogP contribution in [-0.4, -0.2) is 16.5 Å². The van der Waals surface area contributed by atoms with E-state index in [1.165, 1.54) is 20.2 Å². The van der Waals surface area contributed by atoms with Crippen LogP contribution in [0.2, 0.25) is 0 Å². The molecule has 2 aromatic heterocycles. The number of allylic oxidation sites excluding steroid dienone is 4. The van der Waals surface area contributed by atoms with E-state index in [0.29, 0.717) is 12.5 Å².